The van der Waals surface area contributed by atoms with Gasteiger partial charge in [-0.2, -0.15) is 0 Å². The first-order chi connectivity index (χ1) is 31.1. The molecule has 2 nitrogen and oxygen atoms in total. The van der Waals surface area contributed by atoms with E-state index in [2.05, 4.69) is 263 Å². The summed E-state index contributed by atoms with van der Waals surface area (Å²) in [6, 6.07) is 65.3. The van der Waals surface area contributed by atoms with Crippen LogP contribution < -0.4 is 9.80 Å². The zero-order valence-corrected chi connectivity index (χ0v) is 37.5. The third-order valence-corrected chi connectivity index (χ3v) is 14.2. The van der Waals surface area contributed by atoms with E-state index in [4.69, 9.17) is 0 Å². The van der Waals surface area contributed by atoms with Crippen LogP contribution in [-0.2, 0) is 10.8 Å². The molecule has 0 saturated carbocycles. The molecule has 11 rings (SSSR count). The summed E-state index contributed by atoms with van der Waals surface area (Å²) in [5.74, 6) is 0. The normalized spacial score (nSPS) is 20.0. The number of benzene rings is 8. The monoisotopic (exact) mass is 826 g/mol. The summed E-state index contributed by atoms with van der Waals surface area (Å²) in [6.07, 6.45) is 17.3. The number of fused-ring (bicyclic) bond motifs is 5. The van der Waals surface area contributed by atoms with E-state index in [1.165, 1.54) is 83.1 Å². The molecular weight excluding hydrogens is 773 g/mol. The molecular formula is C62H54N2. The van der Waals surface area contributed by atoms with Crippen molar-refractivity contribution >= 4 is 49.9 Å². The van der Waals surface area contributed by atoms with Gasteiger partial charge in [0.15, 0.2) is 0 Å². The highest BCUT2D eigenvalue weighted by molar-refractivity contribution is 6.21. The molecule has 3 unspecified atom stereocenters. The highest BCUT2D eigenvalue weighted by atomic mass is 15.2. The van der Waals surface area contributed by atoms with Gasteiger partial charge in [-0.25, -0.2) is 0 Å². The molecule has 3 aliphatic rings. The van der Waals surface area contributed by atoms with Crippen LogP contribution in [0.3, 0.4) is 0 Å². The lowest BCUT2D eigenvalue weighted by atomic mass is 9.75. The summed E-state index contributed by atoms with van der Waals surface area (Å²) < 4.78 is 0. The average Bonchev–Trinajstić information content (AvgIpc) is 3.59. The van der Waals surface area contributed by atoms with E-state index in [0.29, 0.717) is 0 Å². The van der Waals surface area contributed by atoms with Crippen molar-refractivity contribution in [3.05, 3.63) is 235 Å². The summed E-state index contributed by atoms with van der Waals surface area (Å²) >= 11 is 0. The Morgan fingerprint density at radius 2 is 1.12 bits per heavy atom. The Labute approximate surface area is 378 Å². The van der Waals surface area contributed by atoms with Crippen LogP contribution in [0.5, 0.6) is 0 Å². The summed E-state index contributed by atoms with van der Waals surface area (Å²) in [4.78, 5) is 5.08. The van der Waals surface area contributed by atoms with Gasteiger partial charge < -0.3 is 9.80 Å². The summed E-state index contributed by atoms with van der Waals surface area (Å²) in [5, 5.41) is 5.07. The van der Waals surface area contributed by atoms with Gasteiger partial charge in [0.1, 0.15) is 0 Å². The lowest BCUT2D eigenvalue weighted by Crippen LogP contribution is -2.42. The molecule has 1 aliphatic heterocycles. The van der Waals surface area contributed by atoms with Crippen molar-refractivity contribution in [3.63, 3.8) is 0 Å². The second-order valence-electron chi connectivity index (χ2n) is 19.4. The van der Waals surface area contributed by atoms with E-state index in [-0.39, 0.29) is 22.4 Å². The molecule has 312 valence electrons. The van der Waals surface area contributed by atoms with E-state index < -0.39 is 0 Å². The van der Waals surface area contributed by atoms with Gasteiger partial charge in [0.05, 0.1) is 11.6 Å². The lowest BCUT2D eigenvalue weighted by Gasteiger charge is -2.42. The number of hydrogen-bond acceptors (Lipinski definition) is 2. The second-order valence-corrected chi connectivity index (χ2v) is 19.4. The van der Waals surface area contributed by atoms with Crippen LogP contribution in [0.25, 0.3) is 49.4 Å². The minimum atomic E-state index is -0.303. The molecule has 0 amide bonds. The van der Waals surface area contributed by atoms with Crippen molar-refractivity contribution in [2.24, 2.45) is 0 Å². The first-order valence-corrected chi connectivity index (χ1v) is 22.9. The van der Waals surface area contributed by atoms with E-state index in [9.17, 15) is 0 Å². The number of hydrogen-bond donors (Lipinski definition) is 0. The van der Waals surface area contributed by atoms with Gasteiger partial charge in [0, 0.05) is 28.2 Å². The van der Waals surface area contributed by atoms with Crippen LogP contribution in [0.1, 0.15) is 57.7 Å². The quantitative estimate of drug-likeness (QED) is 0.148. The SMILES string of the molecule is CC(C)(C)c1cccc(N2c3ccc(C4=CCC(C)(N(c5ccccc5)c5ccc(-c6c7ccccc7c(-c7ccccc7)c7ccccc67)cc5)C=C4)cc3C3(C)C=CC=CC23)c1. The van der Waals surface area contributed by atoms with Crippen LogP contribution in [0.15, 0.2) is 218 Å². The van der Waals surface area contributed by atoms with Crippen molar-refractivity contribution in [2.75, 3.05) is 9.80 Å². The van der Waals surface area contributed by atoms with Crippen LogP contribution in [0, 0.1) is 0 Å². The fourth-order valence-corrected chi connectivity index (χ4v) is 10.8. The van der Waals surface area contributed by atoms with Crippen molar-refractivity contribution < 1.29 is 0 Å². The highest BCUT2D eigenvalue weighted by Gasteiger charge is 2.47. The first-order valence-electron chi connectivity index (χ1n) is 22.9. The number of anilines is 4. The highest BCUT2D eigenvalue weighted by Crippen LogP contribution is 2.53. The lowest BCUT2D eigenvalue weighted by molar-refractivity contribution is 0.549. The van der Waals surface area contributed by atoms with Gasteiger partial charge in [-0.15, -0.1) is 0 Å². The Hall–Kier alpha value is -7.16. The molecule has 0 radical (unpaired) electrons. The average molecular weight is 827 g/mol. The van der Waals surface area contributed by atoms with Gasteiger partial charge >= 0.3 is 0 Å². The van der Waals surface area contributed by atoms with Gasteiger partial charge in [-0.3, -0.25) is 0 Å². The third-order valence-electron chi connectivity index (χ3n) is 14.2. The Bertz CT molecular complexity index is 3140. The van der Waals surface area contributed by atoms with Crippen molar-refractivity contribution in [1.29, 1.82) is 0 Å². The predicted molar refractivity (Wildman–Crippen MR) is 274 cm³/mol. The fourth-order valence-electron chi connectivity index (χ4n) is 10.8. The fraction of sp³-hybridized carbons (Fsp3) is 0.161. The first kappa shape index (κ1) is 39.7. The Morgan fingerprint density at radius 1 is 0.547 bits per heavy atom. The second kappa shape index (κ2) is 15.3. The number of nitrogens with zero attached hydrogens (tertiary/aromatic N) is 2. The maximum atomic E-state index is 2.56. The molecule has 8 aromatic rings. The summed E-state index contributed by atoms with van der Waals surface area (Å²) in [5.41, 5.74) is 14.8. The van der Waals surface area contributed by atoms with E-state index in [0.717, 1.165) is 12.1 Å². The molecule has 3 atom stereocenters. The summed E-state index contributed by atoms with van der Waals surface area (Å²) in [7, 11) is 0. The smallest absolute Gasteiger partial charge is 0.0655 e. The third kappa shape index (κ3) is 6.55. The van der Waals surface area contributed by atoms with Gasteiger partial charge in [0.2, 0.25) is 0 Å². The molecule has 0 spiro atoms. The Morgan fingerprint density at radius 3 is 1.73 bits per heavy atom. The van der Waals surface area contributed by atoms with Crippen molar-refractivity contribution in [2.45, 2.75) is 63.5 Å². The summed E-state index contributed by atoms with van der Waals surface area (Å²) in [6.45, 7) is 11.7. The zero-order valence-electron chi connectivity index (χ0n) is 37.5. The van der Waals surface area contributed by atoms with Gasteiger partial charge in [0.25, 0.3) is 0 Å². The molecule has 0 saturated heterocycles. The number of para-hydroxylation sites is 1. The molecule has 2 heteroatoms. The minimum absolute atomic E-state index is 0.0719. The molecule has 0 bridgehead atoms. The van der Waals surface area contributed by atoms with Crippen LogP contribution in [-0.4, -0.2) is 11.6 Å². The Kier molecular flexibility index (Phi) is 9.47. The predicted octanol–water partition coefficient (Wildman–Crippen LogP) is 16.5. The van der Waals surface area contributed by atoms with E-state index >= 15 is 0 Å². The zero-order chi connectivity index (χ0) is 43.6. The Balaban J connectivity index is 0.945. The van der Waals surface area contributed by atoms with E-state index in [1.54, 1.807) is 0 Å². The maximum absolute atomic E-state index is 2.56. The van der Waals surface area contributed by atoms with Crippen molar-refractivity contribution in [1.82, 2.24) is 0 Å². The number of allylic oxidation sites excluding steroid dienone is 4. The largest absolute Gasteiger partial charge is 0.333 e. The molecule has 0 fully saturated rings. The maximum Gasteiger partial charge on any atom is 0.0655 e. The van der Waals surface area contributed by atoms with Gasteiger partial charge in [-0.1, -0.05) is 191 Å². The molecule has 0 N–H and O–H groups in total. The van der Waals surface area contributed by atoms with Crippen LogP contribution >= 0.6 is 0 Å². The molecule has 2 aliphatic carbocycles. The molecule has 1 heterocycles. The minimum Gasteiger partial charge on any atom is -0.333 e. The topological polar surface area (TPSA) is 6.48 Å². The van der Waals surface area contributed by atoms with Gasteiger partial charge in [-0.05, 0) is 140 Å². The number of rotatable bonds is 7. The van der Waals surface area contributed by atoms with Crippen molar-refractivity contribution in [3.8, 4) is 22.3 Å². The molecule has 8 aromatic carbocycles. The standard InChI is InChI=1S/C62H54N2/c1-60(2,3)47-21-18-24-50(42-47)63-56-35-32-46(41-55(56)62(5)38-17-16-29-57(62)63)43-36-39-61(4,40-37-43)64(48-22-10-7-11-23-48)49-33-30-45(31-34-49)59-53-27-14-12-25-51(53)58(44-19-8-6-9-20-44)52-26-13-15-28-54(52)59/h6-39,41-42,57H,40H2,1-5H3. The molecule has 64 heavy (non-hydrogen) atoms. The molecule has 0 aromatic heterocycles. The van der Waals surface area contributed by atoms with E-state index in [1.807, 2.05) is 0 Å². The van der Waals surface area contributed by atoms with Crippen LogP contribution in [0.4, 0.5) is 22.7 Å². The van der Waals surface area contributed by atoms with Crippen LogP contribution in [0.2, 0.25) is 0 Å².